The minimum Gasteiger partial charge on any atom is -0.390 e. The Morgan fingerprint density at radius 2 is 2.25 bits per heavy atom. The Morgan fingerprint density at radius 1 is 1.40 bits per heavy atom. The first-order valence-corrected chi connectivity index (χ1v) is 7.91. The molecule has 1 aromatic rings. The molecule has 0 amide bonds. The summed E-state index contributed by atoms with van der Waals surface area (Å²) in [6.45, 7) is 7.09. The quantitative estimate of drug-likeness (QED) is 0.918. The van der Waals surface area contributed by atoms with Crippen LogP contribution in [0.1, 0.15) is 57.8 Å². The van der Waals surface area contributed by atoms with Crippen molar-refractivity contribution in [2.24, 2.45) is 5.92 Å². The Morgan fingerprint density at radius 3 is 3.05 bits per heavy atom. The standard InChI is InChI=1S/C15H26N4O/c1-12(2)19-14(16-11-17-19)10-18-8-7-15(20)6-4-3-5-13(15)9-18/h11-13,20H,3-10H2,1-2H3. The number of likely N-dealkylation sites (tertiary alicyclic amines) is 1. The largest absolute Gasteiger partial charge is 0.390 e. The second-order valence-electron chi connectivity index (χ2n) is 6.75. The van der Waals surface area contributed by atoms with Gasteiger partial charge >= 0.3 is 0 Å². The van der Waals surface area contributed by atoms with Gasteiger partial charge in [0.1, 0.15) is 12.2 Å². The predicted molar refractivity (Wildman–Crippen MR) is 77.2 cm³/mol. The van der Waals surface area contributed by atoms with Crippen molar-refractivity contribution in [1.29, 1.82) is 0 Å². The highest BCUT2D eigenvalue weighted by molar-refractivity contribution is 4.97. The Bertz CT molecular complexity index is 458. The molecule has 0 spiro atoms. The van der Waals surface area contributed by atoms with E-state index in [-0.39, 0.29) is 5.60 Å². The molecule has 3 rings (SSSR count). The highest BCUT2D eigenvalue weighted by Crippen LogP contribution is 2.39. The zero-order chi connectivity index (χ0) is 14.2. The number of aliphatic hydroxyl groups is 1. The van der Waals surface area contributed by atoms with Crippen LogP contribution in [0, 0.1) is 5.92 Å². The molecule has 20 heavy (non-hydrogen) atoms. The highest BCUT2D eigenvalue weighted by Gasteiger charge is 2.42. The summed E-state index contributed by atoms with van der Waals surface area (Å²) in [6.07, 6.45) is 7.18. The fourth-order valence-electron chi connectivity index (χ4n) is 3.80. The summed E-state index contributed by atoms with van der Waals surface area (Å²) >= 11 is 0. The number of piperidine rings is 1. The van der Waals surface area contributed by atoms with Crippen LogP contribution in [0.4, 0.5) is 0 Å². The van der Waals surface area contributed by atoms with Gasteiger partial charge in [0.25, 0.3) is 0 Å². The van der Waals surface area contributed by atoms with Crippen LogP contribution in [0.15, 0.2) is 6.33 Å². The van der Waals surface area contributed by atoms with E-state index in [9.17, 15) is 5.11 Å². The Labute approximate surface area is 121 Å². The number of hydrogen-bond donors (Lipinski definition) is 1. The minimum atomic E-state index is -0.388. The maximum atomic E-state index is 10.7. The van der Waals surface area contributed by atoms with Crippen LogP contribution in [0.5, 0.6) is 0 Å². The van der Waals surface area contributed by atoms with Gasteiger partial charge in [0.15, 0.2) is 0 Å². The molecule has 2 atom stereocenters. The average Bonchev–Trinajstić information content (AvgIpc) is 2.87. The topological polar surface area (TPSA) is 54.2 Å². The van der Waals surface area contributed by atoms with Gasteiger partial charge in [-0.05, 0) is 33.1 Å². The molecule has 5 nitrogen and oxygen atoms in total. The number of fused-ring (bicyclic) bond motifs is 1. The van der Waals surface area contributed by atoms with E-state index in [0.29, 0.717) is 12.0 Å². The van der Waals surface area contributed by atoms with Gasteiger partial charge in [0.05, 0.1) is 12.1 Å². The zero-order valence-electron chi connectivity index (χ0n) is 12.6. The third-order valence-electron chi connectivity index (χ3n) is 5.01. The van der Waals surface area contributed by atoms with E-state index in [2.05, 4.69) is 28.8 Å². The molecular formula is C15H26N4O. The molecule has 112 valence electrons. The first kappa shape index (κ1) is 14.0. The van der Waals surface area contributed by atoms with Crippen LogP contribution in [0.3, 0.4) is 0 Å². The number of aromatic nitrogens is 3. The summed E-state index contributed by atoms with van der Waals surface area (Å²) in [7, 11) is 0. The first-order chi connectivity index (χ1) is 9.58. The van der Waals surface area contributed by atoms with Crippen molar-refractivity contribution in [3.63, 3.8) is 0 Å². The molecular weight excluding hydrogens is 252 g/mol. The van der Waals surface area contributed by atoms with E-state index in [1.807, 2.05) is 4.68 Å². The zero-order valence-corrected chi connectivity index (χ0v) is 12.6. The van der Waals surface area contributed by atoms with Crippen molar-refractivity contribution >= 4 is 0 Å². The summed E-state index contributed by atoms with van der Waals surface area (Å²) in [5.41, 5.74) is -0.388. The Kier molecular flexibility index (Phi) is 3.82. The van der Waals surface area contributed by atoms with Crippen LogP contribution in [0.2, 0.25) is 0 Å². The van der Waals surface area contributed by atoms with Crippen molar-refractivity contribution in [2.75, 3.05) is 13.1 Å². The highest BCUT2D eigenvalue weighted by atomic mass is 16.3. The van der Waals surface area contributed by atoms with E-state index < -0.39 is 0 Å². The van der Waals surface area contributed by atoms with Gasteiger partial charge in [0.2, 0.25) is 0 Å². The molecule has 2 fully saturated rings. The predicted octanol–water partition coefficient (Wildman–Crippen LogP) is 1.99. The van der Waals surface area contributed by atoms with E-state index >= 15 is 0 Å². The van der Waals surface area contributed by atoms with Crippen LogP contribution in [-0.4, -0.2) is 43.5 Å². The van der Waals surface area contributed by atoms with E-state index in [1.165, 1.54) is 19.3 Å². The van der Waals surface area contributed by atoms with Gasteiger partial charge in [-0.15, -0.1) is 0 Å². The first-order valence-electron chi connectivity index (χ1n) is 7.91. The Hall–Kier alpha value is -0.940. The van der Waals surface area contributed by atoms with Crippen LogP contribution in [-0.2, 0) is 6.54 Å². The molecule has 2 heterocycles. The van der Waals surface area contributed by atoms with Crippen LogP contribution < -0.4 is 0 Å². The average molecular weight is 278 g/mol. The van der Waals surface area contributed by atoms with E-state index in [4.69, 9.17) is 0 Å². The third-order valence-corrected chi connectivity index (χ3v) is 5.01. The molecule has 0 aromatic carbocycles. The van der Waals surface area contributed by atoms with Crippen LogP contribution in [0.25, 0.3) is 0 Å². The lowest BCUT2D eigenvalue weighted by Gasteiger charge is -2.47. The molecule has 1 aliphatic heterocycles. The van der Waals surface area contributed by atoms with Crippen molar-refractivity contribution < 1.29 is 5.11 Å². The molecule has 2 unspecified atom stereocenters. The maximum absolute atomic E-state index is 10.7. The van der Waals surface area contributed by atoms with Crippen molar-refractivity contribution in [1.82, 2.24) is 19.7 Å². The fourth-order valence-corrected chi connectivity index (χ4v) is 3.80. The van der Waals surface area contributed by atoms with Gasteiger partial charge in [-0.3, -0.25) is 4.90 Å². The smallest absolute Gasteiger partial charge is 0.141 e. The van der Waals surface area contributed by atoms with Crippen LogP contribution >= 0.6 is 0 Å². The second kappa shape index (κ2) is 5.45. The van der Waals surface area contributed by atoms with E-state index in [1.54, 1.807) is 6.33 Å². The normalized spacial score (nSPS) is 31.5. The Balaban J connectivity index is 1.66. The molecule has 2 aliphatic rings. The molecule has 0 bridgehead atoms. The molecule has 1 aliphatic carbocycles. The lowest BCUT2D eigenvalue weighted by molar-refractivity contribution is -0.0973. The summed E-state index contributed by atoms with van der Waals surface area (Å²) in [5.74, 6) is 1.49. The summed E-state index contributed by atoms with van der Waals surface area (Å²) in [6, 6.07) is 0.351. The van der Waals surface area contributed by atoms with Gasteiger partial charge in [-0.2, -0.15) is 5.10 Å². The lowest BCUT2D eigenvalue weighted by Crippen LogP contribution is -2.53. The number of nitrogens with zero attached hydrogens (tertiary/aromatic N) is 4. The van der Waals surface area contributed by atoms with Crippen molar-refractivity contribution in [3.05, 3.63) is 12.2 Å². The third kappa shape index (κ3) is 2.61. The van der Waals surface area contributed by atoms with Crippen molar-refractivity contribution in [2.45, 2.75) is 64.1 Å². The molecule has 0 radical (unpaired) electrons. The molecule has 5 heteroatoms. The van der Waals surface area contributed by atoms with Gasteiger partial charge in [0, 0.05) is 25.0 Å². The fraction of sp³-hybridized carbons (Fsp3) is 0.867. The SMILES string of the molecule is CC(C)n1ncnc1CN1CCC2(O)CCCCC2C1. The summed E-state index contributed by atoms with van der Waals surface area (Å²) in [5, 5.41) is 15.0. The van der Waals surface area contributed by atoms with Gasteiger partial charge < -0.3 is 5.11 Å². The van der Waals surface area contributed by atoms with E-state index in [0.717, 1.165) is 38.3 Å². The number of rotatable bonds is 3. The summed E-state index contributed by atoms with van der Waals surface area (Å²) in [4.78, 5) is 6.84. The molecule has 1 aromatic heterocycles. The maximum Gasteiger partial charge on any atom is 0.141 e. The second-order valence-corrected chi connectivity index (χ2v) is 6.75. The van der Waals surface area contributed by atoms with Gasteiger partial charge in [-0.25, -0.2) is 9.67 Å². The van der Waals surface area contributed by atoms with Crippen molar-refractivity contribution in [3.8, 4) is 0 Å². The minimum absolute atomic E-state index is 0.351. The van der Waals surface area contributed by atoms with Gasteiger partial charge in [-0.1, -0.05) is 12.8 Å². The molecule has 1 saturated carbocycles. The number of hydrogen-bond acceptors (Lipinski definition) is 4. The summed E-state index contributed by atoms with van der Waals surface area (Å²) < 4.78 is 2.00. The molecule has 1 N–H and O–H groups in total. The molecule has 1 saturated heterocycles. The lowest BCUT2D eigenvalue weighted by atomic mass is 9.71. The monoisotopic (exact) mass is 278 g/mol.